The van der Waals surface area contributed by atoms with Crippen LogP contribution < -0.4 is 16.0 Å². The highest BCUT2D eigenvalue weighted by molar-refractivity contribution is 5.90. The zero-order valence-electron chi connectivity index (χ0n) is 19.3. The van der Waals surface area contributed by atoms with Crippen molar-refractivity contribution >= 4 is 11.8 Å². The molecular formula is C27H37N3O2. The van der Waals surface area contributed by atoms with E-state index >= 15 is 0 Å². The number of hydrogen-bond donors (Lipinski definition) is 3. The Morgan fingerprint density at radius 3 is 1.84 bits per heavy atom. The molecule has 1 aliphatic rings. The van der Waals surface area contributed by atoms with Crippen molar-refractivity contribution in [3.63, 3.8) is 0 Å². The minimum Gasteiger partial charge on any atom is -0.349 e. The third kappa shape index (κ3) is 6.42. The van der Waals surface area contributed by atoms with E-state index in [0.29, 0.717) is 6.42 Å². The highest BCUT2D eigenvalue weighted by Crippen LogP contribution is 2.24. The molecule has 1 saturated heterocycles. The summed E-state index contributed by atoms with van der Waals surface area (Å²) in [7, 11) is 0. The van der Waals surface area contributed by atoms with Crippen LogP contribution >= 0.6 is 0 Å². The van der Waals surface area contributed by atoms with Crippen LogP contribution in [0.3, 0.4) is 0 Å². The van der Waals surface area contributed by atoms with Gasteiger partial charge in [0.15, 0.2) is 0 Å². The summed E-state index contributed by atoms with van der Waals surface area (Å²) in [5.74, 6) is -0.491. The Labute approximate surface area is 192 Å². The topological polar surface area (TPSA) is 70.2 Å². The van der Waals surface area contributed by atoms with Crippen molar-refractivity contribution < 1.29 is 9.59 Å². The van der Waals surface area contributed by atoms with E-state index in [1.807, 2.05) is 48.5 Å². The second-order valence-corrected chi connectivity index (χ2v) is 8.70. The van der Waals surface area contributed by atoms with E-state index in [1.54, 1.807) is 0 Å². The maximum absolute atomic E-state index is 13.3. The van der Waals surface area contributed by atoms with Crippen molar-refractivity contribution in [3.05, 3.63) is 71.8 Å². The standard InChI is InChI=1S/C27H37N3O2/c1-3-12-23(20-14-7-5-8-15-20)29-26(31)22-18-11-19-28-25(22)27(32)30-24(13-4-2)21-16-9-6-10-17-21/h5-10,14-17,22-25,28H,3-4,11-13,18-19H2,1-2H3,(H,29,31)(H,30,32). The van der Waals surface area contributed by atoms with E-state index in [0.717, 1.165) is 49.8 Å². The Hall–Kier alpha value is -2.66. The first-order valence-electron chi connectivity index (χ1n) is 12.1. The summed E-state index contributed by atoms with van der Waals surface area (Å²) in [6.07, 6.45) is 5.29. The molecule has 0 bridgehead atoms. The molecule has 0 saturated carbocycles. The Kier molecular flexibility index (Phi) is 9.29. The van der Waals surface area contributed by atoms with Gasteiger partial charge in [0.25, 0.3) is 0 Å². The summed E-state index contributed by atoms with van der Waals surface area (Å²) in [5, 5.41) is 9.78. The van der Waals surface area contributed by atoms with Gasteiger partial charge in [-0.3, -0.25) is 9.59 Å². The lowest BCUT2D eigenvalue weighted by Gasteiger charge is -2.33. The fourth-order valence-corrected chi connectivity index (χ4v) is 4.58. The van der Waals surface area contributed by atoms with Gasteiger partial charge in [-0.1, -0.05) is 87.4 Å². The molecule has 1 aliphatic heterocycles. The van der Waals surface area contributed by atoms with Gasteiger partial charge in [-0.2, -0.15) is 0 Å². The van der Waals surface area contributed by atoms with Crippen LogP contribution in [0.4, 0.5) is 0 Å². The first-order chi connectivity index (χ1) is 15.6. The van der Waals surface area contributed by atoms with Crippen LogP contribution in [0.2, 0.25) is 0 Å². The molecule has 3 N–H and O–H groups in total. The molecule has 4 unspecified atom stereocenters. The molecule has 3 rings (SSSR count). The molecule has 4 atom stereocenters. The maximum Gasteiger partial charge on any atom is 0.238 e. The summed E-state index contributed by atoms with van der Waals surface area (Å²) in [6, 6.07) is 19.6. The predicted molar refractivity (Wildman–Crippen MR) is 129 cm³/mol. The minimum absolute atomic E-state index is 0.0310. The van der Waals surface area contributed by atoms with Crippen molar-refractivity contribution in [1.29, 1.82) is 0 Å². The number of piperidine rings is 1. The average molecular weight is 436 g/mol. The SMILES string of the molecule is CCCC(NC(=O)C1CCCNC1C(=O)NC(CCC)c1ccccc1)c1ccccc1. The van der Waals surface area contributed by atoms with Gasteiger partial charge in [0.2, 0.25) is 11.8 Å². The number of amides is 2. The van der Waals surface area contributed by atoms with Gasteiger partial charge < -0.3 is 16.0 Å². The van der Waals surface area contributed by atoms with Crippen LogP contribution in [0.1, 0.15) is 75.6 Å². The molecule has 172 valence electrons. The molecule has 5 heteroatoms. The number of rotatable bonds is 10. The lowest BCUT2D eigenvalue weighted by molar-refractivity contribution is -0.134. The summed E-state index contributed by atoms with van der Waals surface area (Å²) >= 11 is 0. The summed E-state index contributed by atoms with van der Waals surface area (Å²) < 4.78 is 0. The Balaban J connectivity index is 1.71. The van der Waals surface area contributed by atoms with Gasteiger partial charge in [0.05, 0.1) is 24.0 Å². The number of nitrogens with one attached hydrogen (secondary N) is 3. The molecule has 0 spiro atoms. The smallest absolute Gasteiger partial charge is 0.238 e. The van der Waals surface area contributed by atoms with E-state index in [9.17, 15) is 9.59 Å². The quantitative estimate of drug-likeness (QED) is 0.508. The highest BCUT2D eigenvalue weighted by atomic mass is 16.2. The van der Waals surface area contributed by atoms with Crippen LogP contribution in [-0.4, -0.2) is 24.4 Å². The molecule has 1 fully saturated rings. The second-order valence-electron chi connectivity index (χ2n) is 8.70. The predicted octanol–water partition coefficient (Wildman–Crippen LogP) is 4.67. The van der Waals surface area contributed by atoms with E-state index in [4.69, 9.17) is 0 Å². The largest absolute Gasteiger partial charge is 0.349 e. The lowest BCUT2D eigenvalue weighted by Crippen LogP contribution is -2.56. The van der Waals surface area contributed by atoms with Gasteiger partial charge in [0.1, 0.15) is 0 Å². The average Bonchev–Trinajstić information content (AvgIpc) is 2.84. The van der Waals surface area contributed by atoms with Crippen molar-refractivity contribution in [3.8, 4) is 0 Å². The molecule has 0 radical (unpaired) electrons. The van der Waals surface area contributed by atoms with Crippen LogP contribution in [0, 0.1) is 5.92 Å². The third-order valence-corrected chi connectivity index (χ3v) is 6.27. The molecule has 2 aromatic carbocycles. The number of benzene rings is 2. The number of carbonyl (C=O) groups excluding carboxylic acids is 2. The summed E-state index contributed by atoms with van der Waals surface area (Å²) in [6.45, 7) is 5.00. The van der Waals surface area contributed by atoms with Gasteiger partial charge in [0, 0.05) is 0 Å². The Morgan fingerprint density at radius 2 is 1.34 bits per heavy atom. The first kappa shape index (κ1) is 24.0. The van der Waals surface area contributed by atoms with E-state index in [2.05, 4.69) is 41.9 Å². The Bertz CT molecular complexity index is 769. The molecular weight excluding hydrogens is 398 g/mol. The van der Waals surface area contributed by atoms with Gasteiger partial charge >= 0.3 is 0 Å². The van der Waals surface area contributed by atoms with Crippen molar-refractivity contribution in [1.82, 2.24) is 16.0 Å². The zero-order valence-corrected chi connectivity index (χ0v) is 19.3. The van der Waals surface area contributed by atoms with E-state index in [1.165, 1.54) is 0 Å². The van der Waals surface area contributed by atoms with Crippen LogP contribution in [0.5, 0.6) is 0 Å². The number of hydrogen-bond acceptors (Lipinski definition) is 3. The van der Waals surface area contributed by atoms with E-state index in [-0.39, 0.29) is 29.8 Å². The van der Waals surface area contributed by atoms with Gasteiger partial charge in [-0.05, 0) is 43.4 Å². The van der Waals surface area contributed by atoms with E-state index < -0.39 is 6.04 Å². The molecule has 0 aliphatic carbocycles. The molecule has 2 amide bonds. The van der Waals surface area contributed by atoms with Crippen molar-refractivity contribution in [2.24, 2.45) is 5.92 Å². The van der Waals surface area contributed by atoms with Crippen molar-refractivity contribution in [2.75, 3.05) is 6.54 Å². The molecule has 1 heterocycles. The maximum atomic E-state index is 13.3. The zero-order chi connectivity index (χ0) is 22.8. The minimum atomic E-state index is -0.509. The normalized spacial score (nSPS) is 20.2. The second kappa shape index (κ2) is 12.4. The monoisotopic (exact) mass is 435 g/mol. The van der Waals surface area contributed by atoms with Crippen LogP contribution in [0.25, 0.3) is 0 Å². The first-order valence-corrected chi connectivity index (χ1v) is 12.1. The molecule has 32 heavy (non-hydrogen) atoms. The lowest BCUT2D eigenvalue weighted by atomic mass is 9.88. The van der Waals surface area contributed by atoms with Gasteiger partial charge in [-0.25, -0.2) is 0 Å². The summed E-state index contributed by atoms with van der Waals surface area (Å²) in [5.41, 5.74) is 2.21. The Morgan fingerprint density at radius 1 is 0.844 bits per heavy atom. The fraction of sp³-hybridized carbons (Fsp3) is 0.481. The van der Waals surface area contributed by atoms with Gasteiger partial charge in [-0.15, -0.1) is 0 Å². The van der Waals surface area contributed by atoms with Crippen LogP contribution in [-0.2, 0) is 9.59 Å². The van der Waals surface area contributed by atoms with Crippen molar-refractivity contribution in [2.45, 2.75) is 70.5 Å². The number of carbonyl (C=O) groups is 2. The summed E-state index contributed by atoms with van der Waals surface area (Å²) in [4.78, 5) is 26.6. The van der Waals surface area contributed by atoms with Crippen LogP contribution in [0.15, 0.2) is 60.7 Å². The fourth-order valence-electron chi connectivity index (χ4n) is 4.58. The molecule has 5 nitrogen and oxygen atoms in total. The molecule has 2 aromatic rings. The molecule has 0 aromatic heterocycles. The highest BCUT2D eigenvalue weighted by Gasteiger charge is 2.37. The third-order valence-electron chi connectivity index (χ3n) is 6.27.